The average molecular weight is 899 g/mol. The van der Waals surface area contributed by atoms with Crippen molar-refractivity contribution in [3.8, 4) is 0 Å². The van der Waals surface area contributed by atoms with Crippen molar-refractivity contribution < 1.29 is 29.3 Å². The molecule has 362 valence electrons. The van der Waals surface area contributed by atoms with E-state index in [1.807, 2.05) is 13.8 Å². The fourth-order valence-corrected chi connectivity index (χ4v) is 11.9. The molecule has 10 nitrogen and oxygen atoms in total. The van der Waals surface area contributed by atoms with Crippen LogP contribution >= 0.6 is 0 Å². The Balaban J connectivity index is 1.18. The summed E-state index contributed by atoms with van der Waals surface area (Å²) in [5, 5.41) is 34.5. The predicted molar refractivity (Wildman–Crippen MR) is 262 cm³/mol. The summed E-state index contributed by atoms with van der Waals surface area (Å²) in [6, 6.07) is -0.119. The minimum absolute atomic E-state index is 0.0637. The van der Waals surface area contributed by atoms with Gasteiger partial charge in [-0.25, -0.2) is 0 Å². The van der Waals surface area contributed by atoms with Gasteiger partial charge in [-0.1, -0.05) is 113 Å². The van der Waals surface area contributed by atoms with Gasteiger partial charge in [0.05, 0.1) is 37.7 Å². The molecule has 0 amide bonds. The number of carbonyl (C=O) groups is 2. The van der Waals surface area contributed by atoms with E-state index in [4.69, 9.17) is 9.47 Å². The third-order valence-corrected chi connectivity index (χ3v) is 16.2. The maximum Gasteiger partial charge on any atom is 0.316 e. The summed E-state index contributed by atoms with van der Waals surface area (Å²) in [5.74, 6) is 1.32. The Kier molecular flexibility index (Phi) is 17.4. The normalized spacial score (nSPS) is 31.2. The summed E-state index contributed by atoms with van der Waals surface area (Å²) in [6.07, 6.45) is 19.1. The molecule has 2 saturated heterocycles. The second-order valence-corrected chi connectivity index (χ2v) is 21.6. The predicted octanol–water partition coefficient (Wildman–Crippen LogP) is 11.1. The van der Waals surface area contributed by atoms with Gasteiger partial charge in [0.2, 0.25) is 0 Å². The summed E-state index contributed by atoms with van der Waals surface area (Å²) in [5.41, 5.74) is 9.93. The molecule has 0 aromatic carbocycles. The number of nitrogens with one attached hydrogen (secondary N) is 4. The maximum atomic E-state index is 13.7. The second-order valence-electron chi connectivity index (χ2n) is 21.6. The number of methoxy groups -OCH3 is 1. The van der Waals surface area contributed by atoms with E-state index in [2.05, 4.69) is 101 Å². The van der Waals surface area contributed by atoms with Gasteiger partial charge in [-0.2, -0.15) is 0 Å². The molecular formula is C55H86N4O6. The van der Waals surface area contributed by atoms with Gasteiger partial charge in [0.25, 0.3) is 0 Å². The molecule has 0 radical (unpaired) electrons. The number of hydrogen-bond acceptors (Lipinski definition) is 9. The number of hydrogen-bond donors (Lipinski definition) is 6. The lowest BCUT2D eigenvalue weighted by atomic mass is 9.84. The molecule has 2 fully saturated rings. The van der Waals surface area contributed by atoms with Crippen molar-refractivity contribution in [3.05, 3.63) is 68.7 Å². The molecule has 0 saturated carbocycles. The Bertz CT molecular complexity index is 2000. The van der Waals surface area contributed by atoms with Crippen molar-refractivity contribution in [2.24, 2.45) is 59.2 Å². The van der Waals surface area contributed by atoms with E-state index < -0.39 is 24.1 Å². The van der Waals surface area contributed by atoms with Gasteiger partial charge in [0.15, 0.2) is 0 Å². The summed E-state index contributed by atoms with van der Waals surface area (Å²) < 4.78 is 11.3. The molecule has 5 aliphatic rings. The Hall–Kier alpha value is -3.76. The zero-order valence-corrected chi connectivity index (χ0v) is 42.2. The number of H-pyrrole nitrogens is 1. The summed E-state index contributed by atoms with van der Waals surface area (Å²) >= 11 is 0. The second kappa shape index (κ2) is 22.4. The van der Waals surface area contributed by atoms with Crippen molar-refractivity contribution in [2.75, 3.05) is 13.7 Å². The third-order valence-electron chi connectivity index (χ3n) is 16.2. The van der Waals surface area contributed by atoms with Crippen LogP contribution in [0, 0.1) is 66.1 Å². The molecule has 3 unspecified atom stereocenters. The van der Waals surface area contributed by atoms with Crippen molar-refractivity contribution in [3.63, 3.8) is 0 Å². The molecule has 8 bridgehead atoms. The monoisotopic (exact) mass is 899 g/mol. The highest BCUT2D eigenvalue weighted by Crippen LogP contribution is 2.53. The lowest BCUT2D eigenvalue weighted by Gasteiger charge is -2.23. The molecule has 10 heteroatoms. The topological polar surface area (TPSA) is 145 Å². The SMILES string of the molecule is CC[C@H]1/C2=C/c3[nH]c4c(c3C)[C@@H](O)[C@H](C(=O)OC)/C4=C3/N/C(=C\C4=C(C)C(C(C)O)[C@H](/C=C(\N2)[C@@H]1C)N4)[C@@H](C)[C@@H]3CCC(=O)OCCC(C)CCC[C@H](C)CCC[C@H](C)CCCC(C)C. The van der Waals surface area contributed by atoms with E-state index in [1.54, 1.807) is 0 Å². The summed E-state index contributed by atoms with van der Waals surface area (Å²) in [4.78, 5) is 30.9. The number of aliphatic hydroxyl groups is 2. The molecule has 1 aliphatic carbocycles. The number of aliphatic hydroxyl groups excluding tert-OH is 2. The lowest BCUT2D eigenvalue weighted by molar-refractivity contribution is -0.146. The van der Waals surface area contributed by atoms with Crippen LogP contribution in [0.15, 0.2) is 46.2 Å². The van der Waals surface area contributed by atoms with Gasteiger partial charge >= 0.3 is 11.9 Å². The van der Waals surface area contributed by atoms with E-state index >= 15 is 0 Å². The van der Waals surface area contributed by atoms with Crippen LogP contribution in [0.2, 0.25) is 0 Å². The van der Waals surface area contributed by atoms with Crippen molar-refractivity contribution in [1.29, 1.82) is 0 Å². The van der Waals surface area contributed by atoms with Crippen LogP contribution in [0.25, 0.3) is 11.6 Å². The van der Waals surface area contributed by atoms with Gasteiger partial charge in [-0.3, -0.25) is 9.59 Å². The fourth-order valence-electron chi connectivity index (χ4n) is 11.9. The van der Waals surface area contributed by atoms with Crippen LogP contribution in [0.1, 0.15) is 181 Å². The molecule has 5 heterocycles. The van der Waals surface area contributed by atoms with E-state index in [1.165, 1.54) is 58.5 Å². The first-order valence-electron chi connectivity index (χ1n) is 25.7. The number of fused-ring (bicyclic) bond motifs is 7. The van der Waals surface area contributed by atoms with Crippen LogP contribution in [-0.4, -0.2) is 53.0 Å². The molecule has 65 heavy (non-hydrogen) atoms. The Morgan fingerprint density at radius 1 is 0.800 bits per heavy atom. The molecule has 1 aromatic rings. The van der Waals surface area contributed by atoms with E-state index in [0.717, 1.165) is 88.0 Å². The molecule has 6 rings (SSSR count). The Morgan fingerprint density at radius 3 is 2.02 bits per heavy atom. The van der Waals surface area contributed by atoms with Crippen molar-refractivity contribution in [1.82, 2.24) is 20.9 Å². The quantitative estimate of drug-likeness (QED) is 0.0664. The number of aromatic amines is 1. The molecule has 12 atom stereocenters. The van der Waals surface area contributed by atoms with Crippen LogP contribution in [0.3, 0.4) is 0 Å². The van der Waals surface area contributed by atoms with Crippen LogP contribution < -0.4 is 16.0 Å². The smallest absolute Gasteiger partial charge is 0.316 e. The zero-order valence-electron chi connectivity index (χ0n) is 42.2. The maximum absolute atomic E-state index is 13.7. The molecule has 4 aliphatic heterocycles. The number of allylic oxidation sites excluding steroid dienone is 5. The van der Waals surface area contributed by atoms with Crippen molar-refractivity contribution >= 4 is 23.6 Å². The standard InChI is InChI=1S/C55H86N4O6/c1-13-39-34(7)41-29-46-48(38(11)60)36(9)43(57-46)27-42-35(8)40(52(58-42)50-51(55(63)64-12)54(62)49-37(10)44(59-53(49)50)28-45(39)56-41)23-24-47(61)65-26-25-33(6)22-16-21-32(5)20-15-19-31(4)18-14-17-30(2)3/h27-35,38-40,46,48,51,54,56-60,62H,13-26H2,1-12H3/b41-29-,42-27-,45-28-,52-50-/t31-,32-,33?,34-,35+,38?,39-,40+,46+,48?,51-,54-/m1/s1. The van der Waals surface area contributed by atoms with Gasteiger partial charge in [-0.05, 0) is 93.1 Å². The van der Waals surface area contributed by atoms with Crippen LogP contribution in [0.5, 0.6) is 0 Å². The number of rotatable bonds is 21. The molecule has 0 spiro atoms. The Morgan fingerprint density at radius 2 is 1.42 bits per heavy atom. The van der Waals surface area contributed by atoms with Gasteiger partial charge in [0.1, 0.15) is 5.92 Å². The highest BCUT2D eigenvalue weighted by Gasteiger charge is 2.49. The average Bonchev–Trinajstić information content (AvgIpc) is 4.00. The van der Waals surface area contributed by atoms with E-state index in [-0.39, 0.29) is 48.0 Å². The van der Waals surface area contributed by atoms with Crippen LogP contribution in [-0.2, 0) is 19.1 Å². The summed E-state index contributed by atoms with van der Waals surface area (Å²) in [7, 11) is 1.37. The number of aromatic nitrogens is 1. The van der Waals surface area contributed by atoms with Gasteiger partial charge in [-0.15, -0.1) is 0 Å². The fraction of sp³-hybridized carbons (Fsp3) is 0.709. The third kappa shape index (κ3) is 11.5. The first kappa shape index (κ1) is 50.6. The molecule has 6 N–H and O–H groups in total. The van der Waals surface area contributed by atoms with Gasteiger partial charge in [0, 0.05) is 81.3 Å². The van der Waals surface area contributed by atoms with E-state index in [9.17, 15) is 19.8 Å². The minimum Gasteiger partial charge on any atom is -0.468 e. The summed E-state index contributed by atoms with van der Waals surface area (Å²) in [6.45, 7) is 24.7. The number of carbonyl (C=O) groups excluding carboxylic acids is 2. The van der Waals surface area contributed by atoms with E-state index in [0.29, 0.717) is 30.1 Å². The lowest BCUT2D eigenvalue weighted by Crippen LogP contribution is -2.34. The number of esters is 2. The first-order chi connectivity index (χ1) is 30.9. The molecule has 1 aromatic heterocycles. The molecular weight excluding hydrogens is 813 g/mol. The van der Waals surface area contributed by atoms with Crippen molar-refractivity contribution in [2.45, 2.75) is 178 Å². The largest absolute Gasteiger partial charge is 0.468 e. The number of ether oxygens (including phenoxy) is 2. The zero-order chi connectivity index (χ0) is 47.3. The van der Waals surface area contributed by atoms with Crippen LogP contribution in [0.4, 0.5) is 0 Å². The highest BCUT2D eigenvalue weighted by atomic mass is 16.5. The van der Waals surface area contributed by atoms with Gasteiger partial charge < -0.3 is 40.6 Å². The Labute approximate surface area is 392 Å². The highest BCUT2D eigenvalue weighted by molar-refractivity contribution is 5.95. The minimum atomic E-state index is -1.11. The first-order valence-corrected chi connectivity index (χ1v) is 25.7.